The Balaban J connectivity index is 2.23. The van der Waals surface area contributed by atoms with Gasteiger partial charge in [-0.1, -0.05) is 48.3 Å². The SMILES string of the molecule is CC(C)(CCCNCCc1ccc(Cl)cc1Cl)C(N)=NO. The van der Waals surface area contributed by atoms with Gasteiger partial charge in [-0.25, -0.2) is 0 Å². The molecule has 6 heteroatoms. The monoisotopic (exact) mass is 331 g/mol. The van der Waals surface area contributed by atoms with Crippen LogP contribution in [0.4, 0.5) is 0 Å². The minimum absolute atomic E-state index is 0.274. The predicted octanol–water partition coefficient (Wildman–Crippen LogP) is 3.68. The van der Waals surface area contributed by atoms with Gasteiger partial charge in [0.15, 0.2) is 0 Å². The summed E-state index contributed by atoms with van der Waals surface area (Å²) >= 11 is 12.0. The smallest absolute Gasteiger partial charge is 0.144 e. The number of nitrogens with zero attached hydrogens (tertiary/aromatic N) is 1. The number of nitrogens with one attached hydrogen (secondary N) is 1. The van der Waals surface area contributed by atoms with E-state index in [0.717, 1.165) is 37.9 Å². The molecule has 0 aliphatic carbocycles. The van der Waals surface area contributed by atoms with E-state index in [9.17, 15) is 0 Å². The van der Waals surface area contributed by atoms with E-state index < -0.39 is 0 Å². The lowest BCUT2D eigenvalue weighted by Gasteiger charge is -2.22. The molecule has 1 aromatic carbocycles. The van der Waals surface area contributed by atoms with Gasteiger partial charge in [0.1, 0.15) is 5.84 Å². The minimum atomic E-state index is -0.282. The third-order valence-electron chi connectivity index (χ3n) is 3.54. The summed E-state index contributed by atoms with van der Waals surface area (Å²) in [5, 5.41) is 16.5. The van der Waals surface area contributed by atoms with Crippen LogP contribution in [0, 0.1) is 5.41 Å². The van der Waals surface area contributed by atoms with Gasteiger partial charge >= 0.3 is 0 Å². The molecule has 0 atom stereocenters. The minimum Gasteiger partial charge on any atom is -0.409 e. The van der Waals surface area contributed by atoms with Crippen molar-refractivity contribution < 1.29 is 5.21 Å². The van der Waals surface area contributed by atoms with Crippen molar-refractivity contribution in [2.45, 2.75) is 33.1 Å². The summed E-state index contributed by atoms with van der Waals surface area (Å²) in [4.78, 5) is 0. The lowest BCUT2D eigenvalue weighted by molar-refractivity contribution is 0.304. The molecule has 0 aromatic heterocycles. The summed E-state index contributed by atoms with van der Waals surface area (Å²) in [6, 6.07) is 5.56. The first-order valence-corrected chi connectivity index (χ1v) is 7.75. The van der Waals surface area contributed by atoms with Crippen molar-refractivity contribution in [3.63, 3.8) is 0 Å². The highest BCUT2D eigenvalue weighted by Gasteiger charge is 2.22. The third-order valence-corrected chi connectivity index (χ3v) is 4.13. The maximum Gasteiger partial charge on any atom is 0.144 e. The molecule has 1 rings (SSSR count). The molecule has 0 saturated carbocycles. The zero-order chi connectivity index (χ0) is 15.9. The molecule has 21 heavy (non-hydrogen) atoms. The van der Waals surface area contributed by atoms with Crippen LogP contribution in [0.5, 0.6) is 0 Å². The number of oxime groups is 1. The fourth-order valence-corrected chi connectivity index (χ4v) is 2.49. The molecule has 0 heterocycles. The molecule has 0 bridgehead atoms. The van der Waals surface area contributed by atoms with Crippen LogP contribution in [-0.2, 0) is 6.42 Å². The van der Waals surface area contributed by atoms with Gasteiger partial charge < -0.3 is 16.3 Å². The lowest BCUT2D eigenvalue weighted by Crippen LogP contribution is -2.32. The Hall–Kier alpha value is -0.970. The molecule has 0 saturated heterocycles. The van der Waals surface area contributed by atoms with Crippen molar-refractivity contribution in [1.82, 2.24) is 5.32 Å². The van der Waals surface area contributed by atoms with Crippen LogP contribution >= 0.6 is 23.2 Å². The van der Waals surface area contributed by atoms with Gasteiger partial charge in [0.05, 0.1) is 0 Å². The average molecular weight is 332 g/mol. The standard InChI is InChI=1S/C15H23Cl2N3O/c1-15(2,14(18)20-21)7-3-8-19-9-6-11-4-5-12(16)10-13(11)17/h4-5,10,19,21H,3,6-9H2,1-2H3,(H2,18,20). The maximum atomic E-state index is 8.71. The molecule has 0 radical (unpaired) electrons. The Morgan fingerprint density at radius 1 is 1.33 bits per heavy atom. The molecule has 0 aliphatic rings. The molecule has 4 nitrogen and oxygen atoms in total. The number of hydrogen-bond acceptors (Lipinski definition) is 3. The van der Waals surface area contributed by atoms with Crippen molar-refractivity contribution in [2.24, 2.45) is 16.3 Å². The Labute approximate surface area is 136 Å². The molecule has 0 amide bonds. The van der Waals surface area contributed by atoms with Crippen molar-refractivity contribution >= 4 is 29.0 Å². The van der Waals surface area contributed by atoms with Crippen LogP contribution in [-0.4, -0.2) is 24.1 Å². The van der Waals surface area contributed by atoms with Gasteiger partial charge in [-0.05, 0) is 50.0 Å². The maximum absolute atomic E-state index is 8.71. The number of benzene rings is 1. The molecular formula is C15H23Cl2N3O. The Kier molecular flexibility index (Phi) is 7.29. The van der Waals surface area contributed by atoms with Gasteiger partial charge in [-0.3, -0.25) is 0 Å². The van der Waals surface area contributed by atoms with E-state index in [0.29, 0.717) is 10.0 Å². The van der Waals surface area contributed by atoms with Gasteiger partial charge in [-0.2, -0.15) is 0 Å². The largest absolute Gasteiger partial charge is 0.409 e. The van der Waals surface area contributed by atoms with E-state index in [1.807, 2.05) is 26.0 Å². The van der Waals surface area contributed by atoms with E-state index >= 15 is 0 Å². The number of hydrogen-bond donors (Lipinski definition) is 3. The van der Waals surface area contributed by atoms with Crippen molar-refractivity contribution in [1.29, 1.82) is 0 Å². The average Bonchev–Trinajstić information content (AvgIpc) is 2.43. The highest BCUT2D eigenvalue weighted by molar-refractivity contribution is 6.35. The quantitative estimate of drug-likeness (QED) is 0.224. The fourth-order valence-electron chi connectivity index (χ4n) is 1.99. The van der Waals surface area contributed by atoms with E-state index in [1.165, 1.54) is 0 Å². The number of amidine groups is 1. The molecule has 0 aliphatic heterocycles. The van der Waals surface area contributed by atoms with E-state index in [2.05, 4.69) is 10.5 Å². The first-order valence-electron chi connectivity index (χ1n) is 6.99. The van der Waals surface area contributed by atoms with E-state index in [-0.39, 0.29) is 11.3 Å². The van der Waals surface area contributed by atoms with E-state index in [1.54, 1.807) is 6.07 Å². The number of halogens is 2. The normalized spacial score (nSPS) is 12.7. The van der Waals surface area contributed by atoms with Crippen LogP contribution < -0.4 is 11.1 Å². The van der Waals surface area contributed by atoms with Crippen LogP contribution in [0.3, 0.4) is 0 Å². The summed E-state index contributed by atoms with van der Waals surface area (Å²) in [5.41, 5.74) is 6.46. The van der Waals surface area contributed by atoms with Gasteiger partial charge in [-0.15, -0.1) is 0 Å². The molecule has 0 fully saturated rings. The Bertz CT molecular complexity index is 490. The van der Waals surface area contributed by atoms with Crippen molar-refractivity contribution in [3.05, 3.63) is 33.8 Å². The summed E-state index contributed by atoms with van der Waals surface area (Å²) in [5.74, 6) is 0.274. The second-order valence-corrected chi connectivity index (χ2v) is 6.55. The second kappa shape index (κ2) is 8.47. The second-order valence-electron chi connectivity index (χ2n) is 5.71. The van der Waals surface area contributed by atoms with Crippen molar-refractivity contribution in [3.8, 4) is 0 Å². The molecule has 0 spiro atoms. The number of rotatable bonds is 8. The molecule has 0 unspecified atom stereocenters. The zero-order valence-electron chi connectivity index (χ0n) is 12.5. The summed E-state index contributed by atoms with van der Waals surface area (Å²) in [6.45, 7) is 5.67. The first-order chi connectivity index (χ1) is 9.86. The topological polar surface area (TPSA) is 70.6 Å². The van der Waals surface area contributed by atoms with Crippen LogP contribution in [0.25, 0.3) is 0 Å². The first kappa shape index (κ1) is 18.1. The van der Waals surface area contributed by atoms with Gasteiger partial charge in [0, 0.05) is 15.5 Å². The van der Waals surface area contributed by atoms with Crippen LogP contribution in [0.2, 0.25) is 10.0 Å². The lowest BCUT2D eigenvalue weighted by atomic mass is 9.86. The summed E-state index contributed by atoms with van der Waals surface area (Å²) < 4.78 is 0. The molecule has 4 N–H and O–H groups in total. The number of nitrogens with two attached hydrogens (primary N) is 1. The van der Waals surface area contributed by atoms with Crippen LogP contribution in [0.1, 0.15) is 32.3 Å². The zero-order valence-corrected chi connectivity index (χ0v) is 14.0. The van der Waals surface area contributed by atoms with Gasteiger partial charge in [0.25, 0.3) is 0 Å². The Morgan fingerprint density at radius 2 is 2.05 bits per heavy atom. The highest BCUT2D eigenvalue weighted by atomic mass is 35.5. The molecule has 1 aromatic rings. The van der Waals surface area contributed by atoms with Crippen LogP contribution in [0.15, 0.2) is 23.4 Å². The predicted molar refractivity (Wildman–Crippen MR) is 89.5 cm³/mol. The fraction of sp³-hybridized carbons (Fsp3) is 0.533. The Morgan fingerprint density at radius 3 is 2.67 bits per heavy atom. The third kappa shape index (κ3) is 6.12. The van der Waals surface area contributed by atoms with Gasteiger partial charge in [0.2, 0.25) is 0 Å². The summed E-state index contributed by atoms with van der Waals surface area (Å²) in [7, 11) is 0. The molecular weight excluding hydrogens is 309 g/mol. The van der Waals surface area contributed by atoms with E-state index in [4.69, 9.17) is 34.1 Å². The summed E-state index contributed by atoms with van der Waals surface area (Å²) in [6.07, 6.45) is 2.68. The van der Waals surface area contributed by atoms with Crippen molar-refractivity contribution in [2.75, 3.05) is 13.1 Å². The highest BCUT2D eigenvalue weighted by Crippen LogP contribution is 2.22. The molecule has 118 valence electrons.